The number of aryl methyl sites for hydroxylation is 1. The first kappa shape index (κ1) is 16.3. The van der Waals surface area contributed by atoms with Gasteiger partial charge >= 0.3 is 0 Å². The number of methoxy groups -OCH3 is 1. The van der Waals surface area contributed by atoms with Gasteiger partial charge in [-0.15, -0.1) is 5.10 Å². The molecule has 2 N–H and O–H groups in total. The number of aromatic amines is 1. The van der Waals surface area contributed by atoms with E-state index < -0.39 is 0 Å². The summed E-state index contributed by atoms with van der Waals surface area (Å²) in [6.45, 7) is 2.92. The Morgan fingerprint density at radius 2 is 2.15 bits per heavy atom. The molecule has 3 heterocycles. The number of amides is 1. The Kier molecular flexibility index (Phi) is 4.17. The number of imidazole rings is 1. The number of benzene rings is 1. The molecule has 136 valence electrons. The molecule has 26 heavy (non-hydrogen) atoms. The number of carbonyl (C=O) groups excluding carboxylic acids is 1. The minimum atomic E-state index is -0.385. The van der Waals surface area contributed by atoms with Gasteiger partial charge in [-0.05, 0) is 12.1 Å². The number of carbonyl (C=O) groups is 1. The number of nitrogens with one attached hydrogen (secondary N) is 2. The van der Waals surface area contributed by atoms with Crippen LogP contribution in [-0.4, -0.2) is 64.3 Å². The van der Waals surface area contributed by atoms with E-state index in [-0.39, 0.29) is 11.6 Å². The minimum Gasteiger partial charge on any atom is -0.494 e. The Balaban J connectivity index is 1.69. The molecule has 10 heteroatoms. The topological polar surface area (TPSA) is 110 Å². The summed E-state index contributed by atoms with van der Waals surface area (Å²) in [4.78, 5) is 22.2. The molecule has 1 amide bonds. The Morgan fingerprint density at radius 1 is 1.35 bits per heavy atom. The first-order valence-corrected chi connectivity index (χ1v) is 8.23. The second kappa shape index (κ2) is 6.64. The lowest BCUT2D eigenvalue weighted by Crippen LogP contribution is -2.36. The molecule has 0 unspecified atom stereocenters. The van der Waals surface area contributed by atoms with Crippen LogP contribution in [0.2, 0.25) is 0 Å². The lowest BCUT2D eigenvalue weighted by atomic mass is 10.2. The summed E-state index contributed by atoms with van der Waals surface area (Å²) in [6.07, 6.45) is 1.54. The molecule has 0 bridgehead atoms. The summed E-state index contributed by atoms with van der Waals surface area (Å²) >= 11 is 0. The highest BCUT2D eigenvalue weighted by atomic mass is 16.5. The van der Waals surface area contributed by atoms with Crippen molar-refractivity contribution in [3.63, 3.8) is 0 Å². The van der Waals surface area contributed by atoms with E-state index in [2.05, 4.69) is 30.5 Å². The molecule has 1 aliphatic rings. The molecule has 3 aromatic rings. The maximum Gasteiger partial charge on any atom is 0.280 e. The molecule has 0 radical (unpaired) electrons. The smallest absolute Gasteiger partial charge is 0.280 e. The zero-order chi connectivity index (χ0) is 18.1. The van der Waals surface area contributed by atoms with E-state index in [0.29, 0.717) is 24.9 Å². The third-order valence-corrected chi connectivity index (χ3v) is 4.22. The van der Waals surface area contributed by atoms with Crippen LogP contribution < -0.4 is 15.0 Å². The maximum absolute atomic E-state index is 12.3. The fourth-order valence-electron chi connectivity index (χ4n) is 2.97. The van der Waals surface area contributed by atoms with Crippen LogP contribution in [0, 0.1) is 0 Å². The van der Waals surface area contributed by atoms with Crippen LogP contribution >= 0.6 is 0 Å². The average molecular weight is 357 g/mol. The Hall–Kier alpha value is -3.14. The van der Waals surface area contributed by atoms with Crippen LogP contribution in [0.15, 0.2) is 18.3 Å². The van der Waals surface area contributed by atoms with Gasteiger partial charge < -0.3 is 19.4 Å². The van der Waals surface area contributed by atoms with Gasteiger partial charge in [-0.25, -0.2) is 4.98 Å². The number of ether oxygens (including phenoxy) is 2. The Bertz CT molecular complexity index is 943. The van der Waals surface area contributed by atoms with Crippen LogP contribution in [0.1, 0.15) is 10.5 Å². The molecule has 0 aliphatic carbocycles. The van der Waals surface area contributed by atoms with Gasteiger partial charge in [0.1, 0.15) is 16.8 Å². The highest BCUT2D eigenvalue weighted by Crippen LogP contribution is 2.33. The predicted molar refractivity (Wildman–Crippen MR) is 94.6 cm³/mol. The van der Waals surface area contributed by atoms with Crippen molar-refractivity contribution in [1.82, 2.24) is 25.0 Å². The molecule has 4 rings (SSSR count). The van der Waals surface area contributed by atoms with Crippen LogP contribution in [0.5, 0.6) is 5.75 Å². The van der Waals surface area contributed by atoms with Gasteiger partial charge in [0.2, 0.25) is 5.95 Å². The highest BCUT2D eigenvalue weighted by Gasteiger charge is 2.20. The standard InChI is InChI=1S/C16H19N7O3/c1-22-9-10(20-21-22)15(24)19-16-17-13-11(23-5-7-26-8-6-23)3-4-12(25-2)14(13)18-16/h3-4,9H,5-8H2,1-2H3,(H2,17,18,19,24). The average Bonchev–Trinajstić information content (AvgIpc) is 3.27. The summed E-state index contributed by atoms with van der Waals surface area (Å²) in [7, 11) is 3.30. The molecule has 0 saturated carbocycles. The molecule has 0 spiro atoms. The lowest BCUT2D eigenvalue weighted by molar-refractivity contribution is 0.102. The van der Waals surface area contributed by atoms with Crippen molar-refractivity contribution in [2.45, 2.75) is 0 Å². The first-order chi connectivity index (χ1) is 12.7. The highest BCUT2D eigenvalue weighted by molar-refractivity contribution is 6.03. The van der Waals surface area contributed by atoms with E-state index in [0.717, 1.165) is 29.8 Å². The number of hydrogen-bond acceptors (Lipinski definition) is 7. The fourth-order valence-corrected chi connectivity index (χ4v) is 2.97. The molecule has 2 aromatic heterocycles. The number of morpholine rings is 1. The molecule has 10 nitrogen and oxygen atoms in total. The SMILES string of the molecule is COc1ccc(N2CCOCC2)c2nc(NC(=O)c3cn(C)nn3)[nH]c12. The second-order valence-corrected chi connectivity index (χ2v) is 5.93. The maximum atomic E-state index is 12.3. The molecule has 1 aliphatic heterocycles. The number of nitrogens with zero attached hydrogens (tertiary/aromatic N) is 5. The van der Waals surface area contributed by atoms with E-state index in [1.54, 1.807) is 14.2 Å². The summed E-state index contributed by atoms with van der Waals surface area (Å²) in [5, 5.41) is 10.3. The third-order valence-electron chi connectivity index (χ3n) is 4.22. The Labute approximate surface area is 149 Å². The fraction of sp³-hybridized carbons (Fsp3) is 0.375. The molecule has 1 saturated heterocycles. The number of hydrogen-bond donors (Lipinski definition) is 2. The summed E-state index contributed by atoms with van der Waals surface area (Å²) in [5.74, 6) is 0.600. The first-order valence-electron chi connectivity index (χ1n) is 8.23. The van der Waals surface area contributed by atoms with Crippen LogP contribution in [0.25, 0.3) is 11.0 Å². The van der Waals surface area contributed by atoms with Crippen LogP contribution in [0.3, 0.4) is 0 Å². The number of H-pyrrole nitrogens is 1. The van der Waals surface area contributed by atoms with Crippen molar-refractivity contribution in [3.05, 3.63) is 24.0 Å². The van der Waals surface area contributed by atoms with E-state index in [4.69, 9.17) is 9.47 Å². The largest absolute Gasteiger partial charge is 0.494 e. The van der Waals surface area contributed by atoms with Gasteiger partial charge in [0.05, 0.1) is 32.2 Å². The van der Waals surface area contributed by atoms with E-state index in [1.165, 1.54) is 10.9 Å². The van der Waals surface area contributed by atoms with Gasteiger partial charge in [0, 0.05) is 20.1 Å². The van der Waals surface area contributed by atoms with Crippen molar-refractivity contribution in [1.29, 1.82) is 0 Å². The molecule has 1 fully saturated rings. The Morgan fingerprint density at radius 3 is 2.85 bits per heavy atom. The van der Waals surface area contributed by atoms with Crippen molar-refractivity contribution in [2.75, 3.05) is 43.6 Å². The van der Waals surface area contributed by atoms with Crippen LogP contribution in [-0.2, 0) is 11.8 Å². The van der Waals surface area contributed by atoms with Gasteiger partial charge in [-0.3, -0.25) is 14.8 Å². The number of anilines is 2. The zero-order valence-corrected chi connectivity index (χ0v) is 14.5. The van der Waals surface area contributed by atoms with Gasteiger partial charge in [-0.1, -0.05) is 5.21 Å². The normalized spacial score (nSPS) is 14.6. The lowest BCUT2D eigenvalue weighted by Gasteiger charge is -2.29. The predicted octanol–water partition coefficient (Wildman–Crippen LogP) is 0.789. The number of aromatic nitrogens is 5. The second-order valence-electron chi connectivity index (χ2n) is 5.93. The summed E-state index contributed by atoms with van der Waals surface area (Å²) in [6, 6.07) is 3.86. The summed E-state index contributed by atoms with van der Waals surface area (Å²) < 4.78 is 12.3. The molecule has 0 atom stereocenters. The van der Waals surface area contributed by atoms with E-state index in [1.807, 2.05) is 12.1 Å². The third kappa shape index (κ3) is 2.94. The van der Waals surface area contributed by atoms with Crippen molar-refractivity contribution >= 4 is 28.6 Å². The summed E-state index contributed by atoms with van der Waals surface area (Å²) in [5.41, 5.74) is 2.65. The van der Waals surface area contributed by atoms with Gasteiger partial charge in [-0.2, -0.15) is 0 Å². The minimum absolute atomic E-state index is 0.216. The van der Waals surface area contributed by atoms with Crippen molar-refractivity contribution in [2.24, 2.45) is 7.05 Å². The zero-order valence-electron chi connectivity index (χ0n) is 14.5. The van der Waals surface area contributed by atoms with Crippen molar-refractivity contribution < 1.29 is 14.3 Å². The molecule has 1 aromatic carbocycles. The van der Waals surface area contributed by atoms with E-state index in [9.17, 15) is 4.79 Å². The quantitative estimate of drug-likeness (QED) is 0.710. The molecular weight excluding hydrogens is 338 g/mol. The van der Waals surface area contributed by atoms with Crippen LogP contribution in [0.4, 0.5) is 11.6 Å². The number of fused-ring (bicyclic) bond motifs is 1. The van der Waals surface area contributed by atoms with E-state index >= 15 is 0 Å². The monoisotopic (exact) mass is 357 g/mol. The van der Waals surface area contributed by atoms with Gasteiger partial charge in [0.25, 0.3) is 5.91 Å². The number of rotatable bonds is 4. The van der Waals surface area contributed by atoms with Crippen molar-refractivity contribution in [3.8, 4) is 5.75 Å². The van der Waals surface area contributed by atoms with Gasteiger partial charge in [0.15, 0.2) is 5.69 Å². The molecular formula is C16H19N7O3.